The van der Waals surface area contributed by atoms with Crippen molar-refractivity contribution in [1.29, 1.82) is 0 Å². The number of fused-ring (bicyclic) bond motifs is 3. The van der Waals surface area contributed by atoms with E-state index in [9.17, 15) is 9.59 Å². The van der Waals surface area contributed by atoms with E-state index >= 15 is 0 Å². The first kappa shape index (κ1) is 27.1. The average Bonchev–Trinajstić information content (AvgIpc) is 3.81. The zero-order valence-corrected chi connectivity index (χ0v) is 23.6. The Labute approximate surface area is 251 Å². The van der Waals surface area contributed by atoms with Gasteiger partial charge in [-0.25, -0.2) is 4.68 Å². The quantitative estimate of drug-likeness (QED) is 0.266. The van der Waals surface area contributed by atoms with Crippen LogP contribution in [0.5, 0.6) is 28.7 Å². The number of benzene rings is 4. The molecule has 44 heavy (non-hydrogen) atoms. The fourth-order valence-electron chi connectivity index (χ4n) is 5.25. The molecule has 0 radical (unpaired) electrons. The Morgan fingerprint density at radius 2 is 1.59 bits per heavy atom. The van der Waals surface area contributed by atoms with Gasteiger partial charge in [0.15, 0.2) is 23.0 Å². The summed E-state index contributed by atoms with van der Waals surface area (Å²) in [6, 6.07) is 24.0. The number of methoxy groups -OCH3 is 1. The zero-order chi connectivity index (χ0) is 30.0. The predicted octanol–water partition coefficient (Wildman–Crippen LogP) is 4.31. The maximum absolute atomic E-state index is 14.3. The van der Waals surface area contributed by atoms with Gasteiger partial charge >= 0.3 is 0 Å². The van der Waals surface area contributed by atoms with Gasteiger partial charge in [-0.3, -0.25) is 9.59 Å². The molecule has 12 heteroatoms. The lowest BCUT2D eigenvalue weighted by molar-refractivity contribution is -0.140. The molecule has 1 atom stereocenters. The molecule has 0 unspecified atom stereocenters. The summed E-state index contributed by atoms with van der Waals surface area (Å²) in [4.78, 5) is 30.1. The molecule has 5 aromatic rings. The average molecular weight is 594 g/mol. The minimum absolute atomic E-state index is 0.0702. The zero-order valence-electron chi connectivity index (χ0n) is 23.6. The Morgan fingerprint density at radius 3 is 2.36 bits per heavy atom. The van der Waals surface area contributed by atoms with Gasteiger partial charge in [-0.05, 0) is 59.7 Å². The van der Waals surface area contributed by atoms with Gasteiger partial charge in [0.1, 0.15) is 23.9 Å². The second-order valence-corrected chi connectivity index (χ2v) is 10.2. The fourth-order valence-corrected chi connectivity index (χ4v) is 5.25. The molecule has 0 spiro atoms. The number of anilines is 1. The van der Waals surface area contributed by atoms with Gasteiger partial charge in [0.05, 0.1) is 12.6 Å². The summed E-state index contributed by atoms with van der Waals surface area (Å²) in [5.41, 5.74) is 3.19. The second-order valence-electron chi connectivity index (χ2n) is 10.2. The number of rotatable bonds is 9. The predicted molar refractivity (Wildman–Crippen MR) is 158 cm³/mol. The van der Waals surface area contributed by atoms with Crippen LogP contribution in [0.25, 0.3) is 11.0 Å². The first-order valence-electron chi connectivity index (χ1n) is 13.9. The van der Waals surface area contributed by atoms with Crippen LogP contribution in [0, 0.1) is 0 Å². The fraction of sp³-hybridized carbons (Fsp3) is 0.188. The Hall–Kier alpha value is -5.78. The Bertz CT molecular complexity index is 1860. The number of hydrogen-bond acceptors (Lipinski definition) is 9. The van der Waals surface area contributed by atoms with E-state index in [1.807, 2.05) is 48.5 Å². The molecule has 2 amide bonds. The number of hydrogen-bond donors (Lipinski definition) is 1. The summed E-state index contributed by atoms with van der Waals surface area (Å²) in [7, 11) is 1.59. The largest absolute Gasteiger partial charge is 0.497 e. The highest BCUT2D eigenvalue weighted by Gasteiger charge is 2.34. The van der Waals surface area contributed by atoms with Crippen molar-refractivity contribution >= 4 is 28.5 Å². The third kappa shape index (κ3) is 5.28. The maximum Gasteiger partial charge on any atom is 0.251 e. The molecule has 7 rings (SSSR count). The van der Waals surface area contributed by atoms with E-state index in [1.165, 1.54) is 9.58 Å². The van der Waals surface area contributed by atoms with Crippen LogP contribution in [-0.4, -0.2) is 52.4 Å². The number of nitrogens with zero attached hydrogens (tertiary/aromatic N) is 4. The first-order valence-corrected chi connectivity index (χ1v) is 13.9. The molecule has 2 aliphatic heterocycles. The van der Waals surface area contributed by atoms with Gasteiger partial charge in [0, 0.05) is 18.3 Å². The van der Waals surface area contributed by atoms with Crippen molar-refractivity contribution in [1.82, 2.24) is 19.9 Å². The van der Waals surface area contributed by atoms with Gasteiger partial charge in [-0.15, -0.1) is 5.10 Å². The first-order chi connectivity index (χ1) is 21.6. The lowest BCUT2D eigenvalue weighted by Gasteiger charge is -2.32. The third-order valence-corrected chi connectivity index (χ3v) is 7.45. The molecule has 3 heterocycles. The summed E-state index contributed by atoms with van der Waals surface area (Å²) >= 11 is 0. The SMILES string of the molecule is COc1ccc(CN(C(=O)Cn2nnc3ccccc32)[C@@H](C(=O)Nc2ccc3c(c2)OCO3)c2ccc3c(c2)OCO3)cc1. The van der Waals surface area contributed by atoms with E-state index < -0.39 is 11.9 Å². The summed E-state index contributed by atoms with van der Waals surface area (Å²) in [6.45, 7) is 0.145. The van der Waals surface area contributed by atoms with Crippen LogP contribution in [-0.2, 0) is 22.7 Å². The summed E-state index contributed by atoms with van der Waals surface area (Å²) in [6.07, 6.45) is 0. The van der Waals surface area contributed by atoms with E-state index in [2.05, 4.69) is 15.6 Å². The molecule has 0 saturated heterocycles. The highest BCUT2D eigenvalue weighted by Crippen LogP contribution is 2.38. The Morgan fingerprint density at radius 1 is 0.886 bits per heavy atom. The van der Waals surface area contributed by atoms with E-state index in [-0.39, 0.29) is 32.6 Å². The molecule has 0 bridgehead atoms. The summed E-state index contributed by atoms with van der Waals surface area (Å²) in [5.74, 6) is 2.05. The minimum atomic E-state index is -1.07. The molecular weight excluding hydrogens is 566 g/mol. The Kier molecular flexibility index (Phi) is 7.06. The van der Waals surface area contributed by atoms with Crippen molar-refractivity contribution in [3.8, 4) is 28.7 Å². The minimum Gasteiger partial charge on any atom is -0.497 e. The molecule has 222 valence electrons. The molecule has 0 fully saturated rings. The highest BCUT2D eigenvalue weighted by molar-refractivity contribution is 5.98. The topological polar surface area (TPSA) is 126 Å². The smallest absolute Gasteiger partial charge is 0.251 e. The molecule has 1 aromatic heterocycles. The lowest BCUT2D eigenvalue weighted by Crippen LogP contribution is -2.42. The van der Waals surface area contributed by atoms with Crippen LogP contribution < -0.4 is 29.0 Å². The molecule has 12 nitrogen and oxygen atoms in total. The lowest BCUT2D eigenvalue weighted by atomic mass is 10.0. The van der Waals surface area contributed by atoms with Crippen LogP contribution in [0.2, 0.25) is 0 Å². The summed E-state index contributed by atoms with van der Waals surface area (Å²) < 4.78 is 28.9. The highest BCUT2D eigenvalue weighted by atomic mass is 16.7. The number of carbonyl (C=O) groups is 2. The van der Waals surface area contributed by atoms with Crippen molar-refractivity contribution < 1.29 is 33.3 Å². The Balaban J connectivity index is 1.28. The van der Waals surface area contributed by atoms with Gasteiger partial charge in [0.2, 0.25) is 19.5 Å². The standard InChI is InChI=1S/C32H27N5O7/c1-40-23-10-6-20(7-11-23)16-36(30(38)17-37-25-5-3-2-4-24(25)34-35-37)31(21-8-12-26-28(14-21)43-18-41-26)32(39)33-22-9-13-27-29(15-22)44-19-42-27/h2-15,31H,16-19H2,1H3,(H,33,39)/t31-/m1/s1. The maximum atomic E-state index is 14.3. The van der Waals surface area contributed by atoms with Crippen molar-refractivity contribution in [2.45, 2.75) is 19.1 Å². The number of aromatic nitrogens is 3. The third-order valence-electron chi connectivity index (χ3n) is 7.45. The van der Waals surface area contributed by atoms with Crippen LogP contribution in [0.4, 0.5) is 5.69 Å². The normalized spacial score (nSPS) is 13.5. The van der Waals surface area contributed by atoms with Gasteiger partial charge in [-0.2, -0.15) is 0 Å². The monoisotopic (exact) mass is 593 g/mol. The number of para-hydroxylation sites is 1. The van der Waals surface area contributed by atoms with E-state index in [0.29, 0.717) is 51.0 Å². The van der Waals surface area contributed by atoms with Gasteiger partial charge < -0.3 is 33.9 Å². The molecule has 0 saturated carbocycles. The van der Waals surface area contributed by atoms with Crippen molar-refractivity contribution in [2.75, 3.05) is 26.0 Å². The van der Waals surface area contributed by atoms with Crippen molar-refractivity contribution in [2.24, 2.45) is 0 Å². The van der Waals surface area contributed by atoms with Crippen molar-refractivity contribution in [3.05, 3.63) is 96.1 Å². The molecule has 1 N–H and O–H groups in total. The van der Waals surface area contributed by atoms with E-state index in [1.54, 1.807) is 43.5 Å². The molecule has 2 aliphatic rings. The number of ether oxygens (including phenoxy) is 5. The van der Waals surface area contributed by atoms with Crippen LogP contribution in [0.3, 0.4) is 0 Å². The van der Waals surface area contributed by atoms with E-state index in [0.717, 1.165) is 5.56 Å². The molecular formula is C32H27N5O7. The van der Waals surface area contributed by atoms with Gasteiger partial charge in [-0.1, -0.05) is 35.5 Å². The van der Waals surface area contributed by atoms with Crippen molar-refractivity contribution in [3.63, 3.8) is 0 Å². The number of carbonyl (C=O) groups excluding carboxylic acids is 2. The van der Waals surface area contributed by atoms with Crippen LogP contribution in [0.15, 0.2) is 84.9 Å². The molecule has 4 aromatic carbocycles. The second kappa shape index (κ2) is 11.5. The molecule has 0 aliphatic carbocycles. The van der Waals surface area contributed by atoms with Crippen LogP contribution in [0.1, 0.15) is 17.2 Å². The summed E-state index contributed by atoms with van der Waals surface area (Å²) in [5, 5.41) is 11.4. The number of amides is 2. The van der Waals surface area contributed by atoms with E-state index in [4.69, 9.17) is 23.7 Å². The van der Waals surface area contributed by atoms with Gasteiger partial charge in [0.25, 0.3) is 5.91 Å². The number of nitrogens with one attached hydrogen (secondary N) is 1. The van der Waals surface area contributed by atoms with Crippen LogP contribution >= 0.6 is 0 Å².